The maximum absolute atomic E-state index is 12.6. The maximum atomic E-state index is 12.6. The van der Waals surface area contributed by atoms with Crippen LogP contribution in [0.1, 0.15) is 23.4 Å². The molecule has 0 saturated heterocycles. The third-order valence-corrected chi connectivity index (χ3v) is 3.09. The molecule has 0 aromatic carbocycles. The summed E-state index contributed by atoms with van der Waals surface area (Å²) in [6, 6.07) is 1.21. The van der Waals surface area contributed by atoms with Crippen molar-refractivity contribution in [3.05, 3.63) is 28.0 Å². The Morgan fingerprint density at radius 1 is 1.65 bits per heavy atom. The highest BCUT2D eigenvalue weighted by atomic mass is 79.9. The van der Waals surface area contributed by atoms with Crippen molar-refractivity contribution in [3.8, 4) is 0 Å². The normalized spacial score (nSPS) is 10.7. The fraction of sp³-hybridized carbons (Fsp3) is 0.400. The molecule has 0 atom stereocenters. The lowest BCUT2D eigenvalue weighted by Crippen LogP contribution is -2.09. The molecule has 0 aliphatic heterocycles. The van der Waals surface area contributed by atoms with Gasteiger partial charge in [-0.05, 0) is 11.6 Å². The Labute approximate surface area is 110 Å². The van der Waals surface area contributed by atoms with E-state index in [9.17, 15) is 13.6 Å². The number of methoxy groups -OCH3 is 1. The van der Waals surface area contributed by atoms with Gasteiger partial charge in [0.25, 0.3) is 6.43 Å². The van der Waals surface area contributed by atoms with Crippen LogP contribution in [0, 0.1) is 0 Å². The quantitative estimate of drug-likeness (QED) is 0.629. The van der Waals surface area contributed by atoms with Crippen LogP contribution in [0.15, 0.2) is 6.07 Å². The molecule has 1 aromatic heterocycles. The summed E-state index contributed by atoms with van der Waals surface area (Å²) in [6.45, 7) is 0. The van der Waals surface area contributed by atoms with E-state index in [0.717, 1.165) is 0 Å². The molecule has 17 heavy (non-hydrogen) atoms. The molecule has 0 N–H and O–H groups in total. The summed E-state index contributed by atoms with van der Waals surface area (Å²) in [5.41, 5.74) is 0.171. The van der Waals surface area contributed by atoms with Gasteiger partial charge in [0.1, 0.15) is 5.69 Å². The van der Waals surface area contributed by atoms with Gasteiger partial charge in [-0.2, -0.15) is 0 Å². The lowest BCUT2D eigenvalue weighted by Gasteiger charge is -2.09. The average Bonchev–Trinajstić information content (AvgIpc) is 2.31. The number of nitrogens with zero attached hydrogens (tertiary/aromatic N) is 1. The number of alkyl halides is 3. The predicted octanol–water partition coefficient (Wildman–Crippen LogP) is 3.28. The Hall–Kier alpha value is -0.750. The number of hydrogen-bond acceptors (Lipinski definition) is 3. The van der Waals surface area contributed by atoms with E-state index < -0.39 is 18.1 Å². The molecule has 0 radical (unpaired) electrons. The van der Waals surface area contributed by atoms with Gasteiger partial charge in [-0.25, -0.2) is 13.8 Å². The van der Waals surface area contributed by atoms with Crippen molar-refractivity contribution in [2.45, 2.75) is 18.2 Å². The summed E-state index contributed by atoms with van der Waals surface area (Å²) < 4.78 is 29.6. The first-order valence-corrected chi connectivity index (χ1v) is 6.08. The summed E-state index contributed by atoms with van der Waals surface area (Å²) in [7, 11) is 1.21. The van der Waals surface area contributed by atoms with Gasteiger partial charge in [0, 0.05) is 5.33 Å². The van der Waals surface area contributed by atoms with Crippen LogP contribution in [-0.4, -0.2) is 18.1 Å². The van der Waals surface area contributed by atoms with Crippen molar-refractivity contribution in [1.82, 2.24) is 4.98 Å². The number of ether oxygens (including phenoxy) is 1. The zero-order chi connectivity index (χ0) is 13.0. The van der Waals surface area contributed by atoms with Gasteiger partial charge < -0.3 is 4.74 Å². The van der Waals surface area contributed by atoms with E-state index in [2.05, 4.69) is 25.7 Å². The molecule has 1 rings (SSSR count). The molecule has 0 spiro atoms. The molecule has 0 amide bonds. The van der Waals surface area contributed by atoms with E-state index in [0.29, 0.717) is 10.9 Å². The fourth-order valence-corrected chi connectivity index (χ4v) is 2.03. The Balaban J connectivity index is 3.17. The van der Waals surface area contributed by atoms with Crippen molar-refractivity contribution in [2.24, 2.45) is 0 Å². The summed E-state index contributed by atoms with van der Waals surface area (Å²) in [6.07, 6.45) is -2.93. The summed E-state index contributed by atoms with van der Waals surface area (Å²) in [5, 5.41) is 0.513. The third-order valence-electron chi connectivity index (χ3n) is 2.03. The number of aromatic nitrogens is 1. The van der Waals surface area contributed by atoms with Gasteiger partial charge in [0.2, 0.25) is 0 Å². The predicted molar refractivity (Wildman–Crippen MR) is 62.6 cm³/mol. The first kappa shape index (κ1) is 14.3. The minimum Gasteiger partial charge on any atom is -0.469 e. The van der Waals surface area contributed by atoms with Crippen molar-refractivity contribution < 1.29 is 18.3 Å². The Morgan fingerprint density at radius 3 is 2.76 bits per heavy atom. The average molecular weight is 329 g/mol. The van der Waals surface area contributed by atoms with Crippen LogP contribution in [0.2, 0.25) is 5.02 Å². The number of halogens is 4. The zero-order valence-electron chi connectivity index (χ0n) is 8.84. The minimum atomic E-state index is -2.71. The molecule has 0 fully saturated rings. The fourth-order valence-electron chi connectivity index (χ4n) is 1.20. The molecule has 0 aliphatic carbocycles. The monoisotopic (exact) mass is 327 g/mol. The van der Waals surface area contributed by atoms with E-state index in [-0.39, 0.29) is 17.1 Å². The van der Waals surface area contributed by atoms with Gasteiger partial charge in [0.05, 0.1) is 24.2 Å². The molecule has 3 nitrogen and oxygen atoms in total. The van der Waals surface area contributed by atoms with Gasteiger partial charge in [-0.1, -0.05) is 27.5 Å². The highest BCUT2D eigenvalue weighted by Crippen LogP contribution is 2.27. The van der Waals surface area contributed by atoms with Crippen molar-refractivity contribution in [3.63, 3.8) is 0 Å². The van der Waals surface area contributed by atoms with Crippen LogP contribution in [0.4, 0.5) is 8.78 Å². The second kappa shape index (κ2) is 6.26. The largest absolute Gasteiger partial charge is 0.469 e. The summed E-state index contributed by atoms with van der Waals surface area (Å²) >= 11 is 9.08. The second-order valence-corrected chi connectivity index (χ2v) is 4.09. The van der Waals surface area contributed by atoms with Crippen molar-refractivity contribution in [2.75, 3.05) is 7.11 Å². The summed E-state index contributed by atoms with van der Waals surface area (Å²) in [4.78, 5) is 14.8. The van der Waals surface area contributed by atoms with E-state index >= 15 is 0 Å². The summed E-state index contributed by atoms with van der Waals surface area (Å²) in [5.74, 6) is -0.577. The Morgan fingerprint density at radius 2 is 2.29 bits per heavy atom. The van der Waals surface area contributed by atoms with Crippen LogP contribution in [0.25, 0.3) is 0 Å². The van der Waals surface area contributed by atoms with Crippen LogP contribution in [-0.2, 0) is 21.3 Å². The van der Waals surface area contributed by atoms with E-state index in [1.165, 1.54) is 13.2 Å². The van der Waals surface area contributed by atoms with Crippen LogP contribution >= 0.6 is 27.5 Å². The number of rotatable bonds is 4. The Bertz CT molecular complexity index is 429. The van der Waals surface area contributed by atoms with E-state index in [1.807, 2.05) is 0 Å². The molecule has 0 unspecified atom stereocenters. The standard InChI is InChI=1S/C10H9BrClF2NO2/c1-17-8(16)3-6-9(12)5(4-11)2-7(15-6)10(13)14/h2,10H,3-4H2,1H3. The van der Waals surface area contributed by atoms with Gasteiger partial charge >= 0.3 is 5.97 Å². The first-order chi connectivity index (χ1) is 7.99. The molecule has 0 aliphatic rings. The van der Waals surface area contributed by atoms with E-state index in [1.54, 1.807) is 0 Å². The molecule has 0 bridgehead atoms. The maximum Gasteiger partial charge on any atom is 0.311 e. The highest BCUT2D eigenvalue weighted by Gasteiger charge is 2.18. The SMILES string of the molecule is COC(=O)Cc1nc(C(F)F)cc(CBr)c1Cl. The number of esters is 1. The number of carbonyl (C=O) groups excluding carboxylic acids is 1. The number of pyridine rings is 1. The van der Waals surface area contributed by atoms with Crippen molar-refractivity contribution >= 4 is 33.5 Å². The van der Waals surface area contributed by atoms with Crippen LogP contribution in [0.5, 0.6) is 0 Å². The molecule has 1 heterocycles. The molecule has 1 aromatic rings. The van der Waals surface area contributed by atoms with Gasteiger partial charge in [-0.3, -0.25) is 4.79 Å². The first-order valence-electron chi connectivity index (χ1n) is 4.58. The van der Waals surface area contributed by atoms with Crippen molar-refractivity contribution in [1.29, 1.82) is 0 Å². The molecule has 0 saturated carbocycles. The van der Waals surface area contributed by atoms with Gasteiger partial charge in [-0.15, -0.1) is 0 Å². The second-order valence-electron chi connectivity index (χ2n) is 3.15. The number of carbonyl (C=O) groups is 1. The van der Waals surface area contributed by atoms with Crippen LogP contribution in [0.3, 0.4) is 0 Å². The molecular weight excluding hydrogens is 319 g/mol. The molecular formula is C10H9BrClF2NO2. The van der Waals surface area contributed by atoms with Crippen LogP contribution < -0.4 is 0 Å². The van der Waals surface area contributed by atoms with Gasteiger partial charge in [0.15, 0.2) is 0 Å². The zero-order valence-corrected chi connectivity index (χ0v) is 11.2. The third kappa shape index (κ3) is 3.61. The molecule has 7 heteroatoms. The topological polar surface area (TPSA) is 39.2 Å². The Kier molecular flexibility index (Phi) is 5.27. The van der Waals surface area contributed by atoms with E-state index in [4.69, 9.17) is 11.6 Å². The number of hydrogen-bond donors (Lipinski definition) is 0. The minimum absolute atomic E-state index is 0.103. The lowest BCUT2D eigenvalue weighted by molar-refractivity contribution is -0.139. The lowest BCUT2D eigenvalue weighted by atomic mass is 10.1. The smallest absolute Gasteiger partial charge is 0.311 e. The highest BCUT2D eigenvalue weighted by molar-refractivity contribution is 9.08. The molecule has 94 valence electrons.